The molecule has 3 aliphatic rings. The molecule has 5 nitrogen and oxygen atoms in total. The summed E-state index contributed by atoms with van der Waals surface area (Å²) in [4.78, 5) is 15.9. The first-order valence-corrected chi connectivity index (χ1v) is 12.7. The zero-order valence-corrected chi connectivity index (χ0v) is 19.5. The molecule has 2 aliphatic heterocycles. The molecule has 1 saturated heterocycles. The van der Waals surface area contributed by atoms with E-state index >= 15 is 0 Å². The molecule has 2 fully saturated rings. The Morgan fingerprint density at radius 1 is 1.00 bits per heavy atom. The molecular weight excluding hydrogens is 428 g/mol. The quantitative estimate of drug-likeness (QED) is 0.722. The van der Waals surface area contributed by atoms with Crippen LogP contribution in [0.25, 0.3) is 0 Å². The summed E-state index contributed by atoms with van der Waals surface area (Å²) < 4.78 is 24.0. The number of carbonyl (C=O) groups excluding carboxylic acids is 1. The van der Waals surface area contributed by atoms with Crippen LogP contribution < -0.4 is 5.32 Å². The van der Waals surface area contributed by atoms with Gasteiger partial charge in [0.15, 0.2) is 9.84 Å². The molecule has 2 heterocycles. The predicted octanol–water partition coefficient (Wildman–Crippen LogP) is 3.21. The fourth-order valence-corrected chi connectivity index (χ4v) is 6.54. The molecule has 1 amide bonds. The van der Waals surface area contributed by atoms with Crippen LogP contribution in [0.3, 0.4) is 0 Å². The first-order chi connectivity index (χ1) is 14.5. The molecule has 7 heteroatoms. The van der Waals surface area contributed by atoms with Crippen molar-refractivity contribution >= 4 is 29.2 Å². The highest BCUT2D eigenvalue weighted by molar-refractivity contribution is 7.90. The number of rotatable bonds is 6. The van der Waals surface area contributed by atoms with E-state index < -0.39 is 15.3 Å². The lowest BCUT2D eigenvalue weighted by molar-refractivity contribution is -0.124. The van der Waals surface area contributed by atoms with Crippen LogP contribution in [0.15, 0.2) is 48.5 Å². The summed E-state index contributed by atoms with van der Waals surface area (Å²) in [6, 6.07) is 16.0. The van der Waals surface area contributed by atoms with Crippen LogP contribution in [0, 0.1) is 0 Å². The van der Waals surface area contributed by atoms with Gasteiger partial charge in [0, 0.05) is 6.54 Å². The van der Waals surface area contributed by atoms with E-state index in [1.807, 2.05) is 36.4 Å². The van der Waals surface area contributed by atoms with E-state index in [9.17, 15) is 13.2 Å². The van der Waals surface area contributed by atoms with Crippen molar-refractivity contribution in [3.8, 4) is 0 Å². The lowest BCUT2D eigenvalue weighted by Crippen LogP contribution is -2.41. The number of benzene rings is 2. The Morgan fingerprint density at radius 3 is 2.35 bits per heavy atom. The molecule has 2 aromatic rings. The molecule has 31 heavy (non-hydrogen) atoms. The molecule has 5 rings (SSSR count). The van der Waals surface area contributed by atoms with Gasteiger partial charge in [-0.3, -0.25) is 4.79 Å². The van der Waals surface area contributed by atoms with Crippen LogP contribution in [0.2, 0.25) is 0 Å². The Labute approximate surface area is 191 Å². The van der Waals surface area contributed by atoms with Gasteiger partial charge < -0.3 is 10.2 Å². The van der Waals surface area contributed by atoms with Crippen LogP contribution in [-0.2, 0) is 31.6 Å². The number of nitrogens with one attached hydrogen (secondary N) is 1. The van der Waals surface area contributed by atoms with Crippen LogP contribution >= 0.6 is 13.5 Å². The maximum atomic E-state index is 13.5. The van der Waals surface area contributed by atoms with Crippen molar-refractivity contribution < 1.29 is 13.2 Å². The molecule has 1 N–H and O–H groups in total. The summed E-state index contributed by atoms with van der Waals surface area (Å²) in [6.07, 6.45) is 4.07. The second-order valence-corrected chi connectivity index (χ2v) is 11.1. The number of fused-ring (bicyclic) bond motifs is 1. The monoisotopic (exact) mass is 458 g/mol. The topological polar surface area (TPSA) is 66.5 Å². The Kier molecular flexibility index (Phi) is 6.21. The van der Waals surface area contributed by atoms with E-state index in [1.165, 1.54) is 12.8 Å². The second kappa shape index (κ2) is 8.60. The summed E-state index contributed by atoms with van der Waals surface area (Å²) in [5.74, 6) is 0.278. The van der Waals surface area contributed by atoms with Crippen molar-refractivity contribution in [1.82, 2.24) is 10.2 Å². The van der Waals surface area contributed by atoms with E-state index in [4.69, 9.17) is 0 Å². The third kappa shape index (κ3) is 4.54. The minimum absolute atomic E-state index is 0. The van der Waals surface area contributed by atoms with E-state index in [0.717, 1.165) is 54.7 Å². The first kappa shape index (κ1) is 22.4. The summed E-state index contributed by atoms with van der Waals surface area (Å²) in [7, 11) is -3.04. The third-order valence-electron chi connectivity index (χ3n) is 6.84. The van der Waals surface area contributed by atoms with Crippen molar-refractivity contribution in [3.63, 3.8) is 0 Å². The van der Waals surface area contributed by atoms with Gasteiger partial charge in [-0.15, -0.1) is 0 Å². The fraction of sp³-hybridized carbons (Fsp3) is 0.458. The average Bonchev–Trinajstić information content (AvgIpc) is 3.26. The Bertz CT molecular complexity index is 1060. The molecule has 0 unspecified atom stereocenters. The van der Waals surface area contributed by atoms with Gasteiger partial charge in [-0.05, 0) is 61.0 Å². The molecule has 2 aromatic carbocycles. The normalized spacial score (nSPS) is 21.7. The van der Waals surface area contributed by atoms with E-state index in [2.05, 4.69) is 22.3 Å². The van der Waals surface area contributed by atoms with Gasteiger partial charge in [-0.2, -0.15) is 13.5 Å². The van der Waals surface area contributed by atoms with Gasteiger partial charge in [0.05, 0.1) is 23.0 Å². The number of likely N-dealkylation sites (tertiary alicyclic amines) is 1. The highest BCUT2D eigenvalue weighted by Gasteiger charge is 2.52. The maximum absolute atomic E-state index is 13.5. The minimum Gasteiger partial charge on any atom is -0.347 e. The van der Waals surface area contributed by atoms with Gasteiger partial charge in [-0.1, -0.05) is 48.5 Å². The molecular formula is C24H30N2O3S2. The van der Waals surface area contributed by atoms with Crippen molar-refractivity contribution in [3.05, 3.63) is 70.8 Å². The van der Waals surface area contributed by atoms with Crippen molar-refractivity contribution in [1.29, 1.82) is 0 Å². The highest BCUT2D eigenvalue weighted by Crippen LogP contribution is 2.49. The lowest BCUT2D eigenvalue weighted by Gasteiger charge is -2.27. The Morgan fingerprint density at radius 2 is 1.68 bits per heavy atom. The largest absolute Gasteiger partial charge is 0.347 e. The van der Waals surface area contributed by atoms with Crippen molar-refractivity contribution in [2.75, 3.05) is 19.6 Å². The van der Waals surface area contributed by atoms with Gasteiger partial charge >= 0.3 is 0 Å². The van der Waals surface area contributed by atoms with Crippen molar-refractivity contribution in [2.45, 2.75) is 48.6 Å². The van der Waals surface area contributed by atoms with E-state index in [-0.39, 0.29) is 37.0 Å². The molecule has 0 bridgehead atoms. The van der Waals surface area contributed by atoms with Crippen LogP contribution in [-0.4, -0.2) is 38.9 Å². The fourth-order valence-electron chi connectivity index (χ4n) is 4.93. The van der Waals surface area contributed by atoms with Gasteiger partial charge in [0.25, 0.3) is 0 Å². The van der Waals surface area contributed by atoms with E-state index in [1.54, 1.807) is 0 Å². The molecule has 166 valence electrons. The highest BCUT2D eigenvalue weighted by atomic mass is 32.2. The molecule has 1 saturated carbocycles. The van der Waals surface area contributed by atoms with Crippen LogP contribution in [0.1, 0.15) is 54.0 Å². The van der Waals surface area contributed by atoms with Crippen LogP contribution in [0.4, 0.5) is 0 Å². The zero-order valence-electron chi connectivity index (χ0n) is 17.6. The van der Waals surface area contributed by atoms with Gasteiger partial charge in [0.2, 0.25) is 5.91 Å². The number of amides is 1. The molecule has 1 atom stereocenters. The van der Waals surface area contributed by atoms with Crippen LogP contribution in [0.5, 0.6) is 0 Å². The number of carbonyl (C=O) groups is 1. The predicted molar refractivity (Wildman–Crippen MR) is 127 cm³/mol. The van der Waals surface area contributed by atoms with Gasteiger partial charge in [-0.25, -0.2) is 8.42 Å². The molecule has 0 radical (unpaired) electrons. The molecule has 0 spiro atoms. The van der Waals surface area contributed by atoms with Gasteiger partial charge in [0.1, 0.15) is 0 Å². The molecule has 1 aliphatic carbocycles. The average molecular weight is 459 g/mol. The zero-order chi connectivity index (χ0) is 20.8. The molecule has 0 aromatic heterocycles. The second-order valence-electron chi connectivity index (χ2n) is 9.04. The first-order valence-electron chi connectivity index (χ1n) is 10.9. The smallest absolute Gasteiger partial charge is 0.231 e. The Balaban J connectivity index is 0.00000231. The summed E-state index contributed by atoms with van der Waals surface area (Å²) >= 11 is 0. The SMILES string of the molecule is O=C(N[C@H](CN1CCCC1)c1ccccc1)C1(c2ccc3c(c2)CS(=O)(=O)C3)CC1.S. The number of sulfone groups is 1. The summed E-state index contributed by atoms with van der Waals surface area (Å²) in [6.45, 7) is 3.00. The Hall–Kier alpha value is -1.83. The standard InChI is InChI=1S/C24H28N2O3S.H2S/c27-23(25-22(15-26-12-4-5-13-26)18-6-2-1-3-7-18)24(10-11-24)21-9-8-19-16-30(28,29)17-20(19)14-21;/h1-3,6-9,14,22H,4-5,10-13,15-17H2,(H,25,27);1H2/t22-;/m1./s1. The third-order valence-corrected chi connectivity index (χ3v) is 8.34. The maximum Gasteiger partial charge on any atom is 0.231 e. The lowest BCUT2D eigenvalue weighted by atomic mass is 9.91. The summed E-state index contributed by atoms with van der Waals surface area (Å²) in [5.41, 5.74) is 3.33. The number of nitrogens with zero attached hydrogens (tertiary/aromatic N) is 1. The number of hydrogen-bond acceptors (Lipinski definition) is 4. The van der Waals surface area contributed by atoms with Crippen molar-refractivity contribution in [2.24, 2.45) is 0 Å². The summed E-state index contributed by atoms with van der Waals surface area (Å²) in [5, 5.41) is 3.35. The van der Waals surface area contributed by atoms with E-state index in [0.29, 0.717) is 0 Å². The minimum atomic E-state index is -3.04. The number of hydrogen-bond donors (Lipinski definition) is 1.